The highest BCUT2D eigenvalue weighted by molar-refractivity contribution is 5.17. The largest absolute Gasteiger partial charge is 0.392 e. The number of allylic oxidation sites excluding steroid dienone is 3. The molecule has 0 aliphatic heterocycles. The monoisotopic (exact) mass is 192 g/mol. The van der Waals surface area contributed by atoms with E-state index in [2.05, 4.69) is 25.2 Å². The molecule has 0 aromatic heterocycles. The Morgan fingerprint density at radius 1 is 1.36 bits per heavy atom. The quantitative estimate of drug-likeness (QED) is 0.679. The summed E-state index contributed by atoms with van der Waals surface area (Å²) in [5.41, 5.74) is 0. The Balaban J connectivity index is 2.06. The average Bonchev–Trinajstić information content (AvgIpc) is 2.76. The number of fused-ring (bicyclic) bond motifs is 2. The van der Waals surface area contributed by atoms with Crippen LogP contribution in [0.2, 0.25) is 0 Å². The van der Waals surface area contributed by atoms with Gasteiger partial charge in [-0.05, 0) is 36.5 Å². The molecule has 1 fully saturated rings. The van der Waals surface area contributed by atoms with Crippen molar-refractivity contribution in [1.29, 1.82) is 0 Å². The Labute approximate surface area is 86.5 Å². The van der Waals surface area contributed by atoms with Crippen molar-refractivity contribution in [3.8, 4) is 0 Å². The van der Waals surface area contributed by atoms with Crippen LogP contribution in [0, 0.1) is 23.7 Å². The summed E-state index contributed by atoms with van der Waals surface area (Å²) in [6.45, 7) is 2.46. The fourth-order valence-corrected chi connectivity index (χ4v) is 3.21. The Morgan fingerprint density at radius 3 is 2.86 bits per heavy atom. The average molecular weight is 192 g/mol. The molecule has 0 aromatic rings. The summed E-state index contributed by atoms with van der Waals surface area (Å²) in [4.78, 5) is 0. The number of hydrogen-bond acceptors (Lipinski definition) is 1. The van der Waals surface area contributed by atoms with Gasteiger partial charge in [-0.15, -0.1) is 0 Å². The minimum absolute atomic E-state index is 0.191. The van der Waals surface area contributed by atoms with Crippen molar-refractivity contribution in [2.24, 2.45) is 23.7 Å². The molecule has 1 N–H and O–H groups in total. The Bertz CT molecular complexity index is 242. The van der Waals surface area contributed by atoms with Crippen LogP contribution in [0.4, 0.5) is 0 Å². The Kier molecular flexibility index (Phi) is 3.07. The lowest BCUT2D eigenvalue weighted by Crippen LogP contribution is -2.17. The van der Waals surface area contributed by atoms with Crippen molar-refractivity contribution < 1.29 is 5.11 Å². The van der Waals surface area contributed by atoms with E-state index in [1.165, 1.54) is 19.3 Å². The highest BCUT2D eigenvalue weighted by Crippen LogP contribution is 2.50. The molecule has 2 rings (SSSR count). The number of aliphatic hydroxyl groups is 1. The molecule has 0 saturated heterocycles. The first-order chi connectivity index (χ1) is 6.86. The third kappa shape index (κ3) is 1.66. The van der Waals surface area contributed by atoms with E-state index in [1.807, 2.05) is 6.08 Å². The van der Waals surface area contributed by atoms with Gasteiger partial charge in [0.2, 0.25) is 0 Å². The molecule has 2 aliphatic rings. The van der Waals surface area contributed by atoms with E-state index in [1.54, 1.807) is 0 Å². The van der Waals surface area contributed by atoms with Crippen LogP contribution in [0.5, 0.6) is 0 Å². The molecular formula is C13H20O. The standard InChI is InChI=1S/C13H20O/c1-2-4-12-10-6-7-11(9-10)13(12)5-3-8-14/h3,5-7,10-14H,2,4,8-9H2,1H3. The Hall–Kier alpha value is -0.560. The van der Waals surface area contributed by atoms with E-state index >= 15 is 0 Å². The van der Waals surface area contributed by atoms with Gasteiger partial charge in [0.05, 0.1) is 6.61 Å². The molecule has 2 aliphatic carbocycles. The van der Waals surface area contributed by atoms with Gasteiger partial charge in [0.15, 0.2) is 0 Å². The summed E-state index contributed by atoms with van der Waals surface area (Å²) in [7, 11) is 0. The van der Waals surface area contributed by atoms with Gasteiger partial charge in [0.1, 0.15) is 0 Å². The summed E-state index contributed by atoms with van der Waals surface area (Å²) in [5.74, 6) is 3.14. The summed E-state index contributed by atoms with van der Waals surface area (Å²) in [6, 6.07) is 0. The molecule has 0 radical (unpaired) electrons. The predicted octanol–water partition coefficient (Wildman–Crippen LogP) is 2.77. The maximum atomic E-state index is 8.81. The van der Waals surface area contributed by atoms with Crippen molar-refractivity contribution in [3.05, 3.63) is 24.3 Å². The van der Waals surface area contributed by atoms with Crippen molar-refractivity contribution in [2.75, 3.05) is 6.61 Å². The second-order valence-corrected chi connectivity index (χ2v) is 4.59. The molecule has 0 heterocycles. The number of rotatable bonds is 4. The van der Waals surface area contributed by atoms with Gasteiger partial charge in [0, 0.05) is 0 Å². The van der Waals surface area contributed by atoms with Gasteiger partial charge >= 0.3 is 0 Å². The topological polar surface area (TPSA) is 20.2 Å². The fourth-order valence-electron chi connectivity index (χ4n) is 3.21. The predicted molar refractivity (Wildman–Crippen MR) is 58.9 cm³/mol. The van der Waals surface area contributed by atoms with Gasteiger partial charge in [-0.3, -0.25) is 0 Å². The van der Waals surface area contributed by atoms with Crippen LogP contribution < -0.4 is 0 Å². The van der Waals surface area contributed by atoms with Crippen molar-refractivity contribution in [2.45, 2.75) is 26.2 Å². The molecule has 0 amide bonds. The molecule has 78 valence electrons. The molecule has 0 spiro atoms. The second-order valence-electron chi connectivity index (χ2n) is 4.59. The smallest absolute Gasteiger partial charge is 0.0612 e. The summed E-state index contributed by atoms with van der Waals surface area (Å²) < 4.78 is 0. The van der Waals surface area contributed by atoms with Crippen molar-refractivity contribution >= 4 is 0 Å². The molecule has 1 heteroatoms. The minimum Gasteiger partial charge on any atom is -0.392 e. The molecule has 4 atom stereocenters. The SMILES string of the molecule is CCCC1C2C=CC(C2)C1C=CCO. The van der Waals surface area contributed by atoms with Gasteiger partial charge in [-0.25, -0.2) is 0 Å². The second kappa shape index (κ2) is 4.31. The maximum Gasteiger partial charge on any atom is 0.0612 e. The minimum atomic E-state index is 0.191. The molecule has 0 aromatic carbocycles. The highest BCUT2D eigenvalue weighted by atomic mass is 16.2. The van der Waals surface area contributed by atoms with Crippen LogP contribution in [0.15, 0.2) is 24.3 Å². The van der Waals surface area contributed by atoms with Crippen LogP contribution in [0.3, 0.4) is 0 Å². The highest BCUT2D eigenvalue weighted by Gasteiger charge is 2.41. The van der Waals surface area contributed by atoms with E-state index in [0.29, 0.717) is 5.92 Å². The number of aliphatic hydroxyl groups excluding tert-OH is 1. The first-order valence-electron chi connectivity index (χ1n) is 5.82. The van der Waals surface area contributed by atoms with Crippen LogP contribution in [-0.4, -0.2) is 11.7 Å². The lowest BCUT2D eigenvalue weighted by Gasteiger charge is -2.25. The van der Waals surface area contributed by atoms with Crippen LogP contribution in [0.1, 0.15) is 26.2 Å². The summed E-state index contributed by atoms with van der Waals surface area (Å²) >= 11 is 0. The third-order valence-electron chi connectivity index (χ3n) is 3.77. The van der Waals surface area contributed by atoms with Crippen LogP contribution >= 0.6 is 0 Å². The van der Waals surface area contributed by atoms with Gasteiger partial charge in [0.25, 0.3) is 0 Å². The first kappa shape index (κ1) is 9.97. The van der Waals surface area contributed by atoms with Crippen LogP contribution in [0.25, 0.3) is 0 Å². The zero-order valence-electron chi connectivity index (χ0n) is 8.89. The van der Waals surface area contributed by atoms with E-state index in [4.69, 9.17) is 5.11 Å². The normalized spacial score (nSPS) is 40.1. The van der Waals surface area contributed by atoms with E-state index in [0.717, 1.165) is 17.8 Å². The lowest BCUT2D eigenvalue weighted by molar-refractivity contribution is 0.327. The van der Waals surface area contributed by atoms with Crippen molar-refractivity contribution in [3.63, 3.8) is 0 Å². The first-order valence-corrected chi connectivity index (χ1v) is 5.82. The zero-order valence-corrected chi connectivity index (χ0v) is 8.89. The Morgan fingerprint density at radius 2 is 2.14 bits per heavy atom. The zero-order chi connectivity index (χ0) is 9.97. The van der Waals surface area contributed by atoms with E-state index in [9.17, 15) is 0 Å². The lowest BCUT2D eigenvalue weighted by atomic mass is 9.80. The fraction of sp³-hybridized carbons (Fsp3) is 0.692. The van der Waals surface area contributed by atoms with Gasteiger partial charge in [-0.1, -0.05) is 37.6 Å². The molecule has 2 bridgehead atoms. The summed E-state index contributed by atoms with van der Waals surface area (Å²) in [6.07, 6.45) is 12.9. The summed E-state index contributed by atoms with van der Waals surface area (Å²) in [5, 5.41) is 8.81. The van der Waals surface area contributed by atoms with Crippen molar-refractivity contribution in [1.82, 2.24) is 0 Å². The molecule has 14 heavy (non-hydrogen) atoms. The molecule has 1 saturated carbocycles. The molecule has 4 unspecified atom stereocenters. The van der Waals surface area contributed by atoms with E-state index < -0.39 is 0 Å². The van der Waals surface area contributed by atoms with E-state index in [-0.39, 0.29) is 6.61 Å². The molecular weight excluding hydrogens is 172 g/mol. The maximum absolute atomic E-state index is 8.81. The van der Waals surface area contributed by atoms with Crippen LogP contribution in [-0.2, 0) is 0 Å². The van der Waals surface area contributed by atoms with Gasteiger partial charge < -0.3 is 5.11 Å². The molecule has 1 nitrogen and oxygen atoms in total. The third-order valence-corrected chi connectivity index (χ3v) is 3.77. The number of hydrogen-bond donors (Lipinski definition) is 1. The van der Waals surface area contributed by atoms with Gasteiger partial charge in [-0.2, -0.15) is 0 Å².